The van der Waals surface area contributed by atoms with Crippen LogP contribution in [-0.2, 0) is 9.59 Å². The molecule has 9 heteroatoms. The summed E-state index contributed by atoms with van der Waals surface area (Å²) in [5.74, 6) is 0.0879. The lowest BCUT2D eigenvalue weighted by atomic mass is 9.99. The van der Waals surface area contributed by atoms with Gasteiger partial charge in [0.05, 0.1) is 31.7 Å². The summed E-state index contributed by atoms with van der Waals surface area (Å²) in [6.45, 7) is 0.0635. The van der Waals surface area contributed by atoms with Crippen LogP contribution in [0.15, 0.2) is 64.8 Å². The third kappa shape index (κ3) is 3.34. The average Bonchev–Trinajstić information content (AvgIpc) is 3.58. The fourth-order valence-electron chi connectivity index (χ4n) is 3.95. The third-order valence-corrected chi connectivity index (χ3v) is 5.52. The van der Waals surface area contributed by atoms with Crippen LogP contribution in [0.2, 0.25) is 0 Å². The number of Topliss-reactive ketones (excluding diaryl/α,β-unsaturated/α-hetero) is 1. The molecule has 0 bridgehead atoms. The van der Waals surface area contributed by atoms with Crippen molar-refractivity contribution in [2.75, 3.05) is 25.9 Å². The molecule has 168 valence electrons. The summed E-state index contributed by atoms with van der Waals surface area (Å²) in [6, 6.07) is 11.9. The van der Waals surface area contributed by atoms with Gasteiger partial charge in [0.1, 0.15) is 29.1 Å². The van der Waals surface area contributed by atoms with Crippen LogP contribution in [0.25, 0.3) is 5.76 Å². The Morgan fingerprint density at radius 2 is 1.73 bits per heavy atom. The van der Waals surface area contributed by atoms with E-state index in [9.17, 15) is 14.7 Å². The number of amides is 1. The lowest BCUT2D eigenvalue weighted by molar-refractivity contribution is -0.132. The van der Waals surface area contributed by atoms with Crippen LogP contribution in [-0.4, -0.2) is 37.8 Å². The van der Waals surface area contributed by atoms with Gasteiger partial charge in [-0.1, -0.05) is 0 Å². The van der Waals surface area contributed by atoms with Crippen LogP contribution >= 0.6 is 0 Å². The van der Waals surface area contributed by atoms with Crippen molar-refractivity contribution in [1.82, 2.24) is 0 Å². The highest BCUT2D eigenvalue weighted by Crippen LogP contribution is 2.45. The molecule has 9 nitrogen and oxygen atoms in total. The summed E-state index contributed by atoms with van der Waals surface area (Å²) >= 11 is 0. The standard InChI is InChI=1S/C24H19NO8/c1-29-15-9-14(10-16(11-15)30-2)25-21(18-4-3-7-31-18)20(23(27)24(25)28)22(26)13-5-6-17-19(8-13)33-12-32-17/h3-11,21,26H,12H2,1-2H3/b22-20-. The maximum absolute atomic E-state index is 13.2. The Bertz CT molecular complexity index is 1260. The number of nitrogens with zero attached hydrogens (tertiary/aromatic N) is 1. The predicted octanol–water partition coefficient (Wildman–Crippen LogP) is 3.65. The number of aliphatic hydroxyl groups is 1. The fraction of sp³-hybridized carbons (Fsp3) is 0.167. The second-order valence-electron chi connectivity index (χ2n) is 7.32. The minimum Gasteiger partial charge on any atom is -0.507 e. The molecule has 0 saturated carbocycles. The minimum absolute atomic E-state index is 0.0635. The molecule has 33 heavy (non-hydrogen) atoms. The first kappa shape index (κ1) is 20.5. The molecule has 1 aromatic heterocycles. The number of rotatable bonds is 5. The molecule has 1 saturated heterocycles. The number of ketones is 1. The van der Waals surface area contributed by atoms with Crippen molar-refractivity contribution < 1.29 is 38.1 Å². The Labute approximate surface area is 188 Å². The monoisotopic (exact) mass is 449 g/mol. The summed E-state index contributed by atoms with van der Waals surface area (Å²) in [5.41, 5.74) is 0.534. The van der Waals surface area contributed by atoms with E-state index in [-0.39, 0.29) is 18.1 Å². The maximum Gasteiger partial charge on any atom is 0.300 e. The molecular weight excluding hydrogens is 430 g/mol. The van der Waals surface area contributed by atoms with E-state index in [4.69, 9.17) is 23.4 Å². The van der Waals surface area contributed by atoms with Crippen molar-refractivity contribution in [2.45, 2.75) is 6.04 Å². The normalized spacial score (nSPS) is 18.6. The summed E-state index contributed by atoms with van der Waals surface area (Å²) < 4.78 is 26.9. The number of carbonyl (C=O) groups excluding carboxylic acids is 2. The van der Waals surface area contributed by atoms with E-state index in [1.165, 1.54) is 25.4 Å². The lowest BCUT2D eigenvalue weighted by Crippen LogP contribution is -2.29. The molecule has 1 amide bonds. The zero-order valence-corrected chi connectivity index (χ0v) is 17.7. The van der Waals surface area contributed by atoms with E-state index in [1.54, 1.807) is 48.5 Å². The number of ether oxygens (including phenoxy) is 4. The largest absolute Gasteiger partial charge is 0.507 e. The van der Waals surface area contributed by atoms with Gasteiger partial charge in [-0.15, -0.1) is 0 Å². The van der Waals surface area contributed by atoms with Crippen LogP contribution in [0.3, 0.4) is 0 Å². The van der Waals surface area contributed by atoms with Crippen molar-refractivity contribution in [3.63, 3.8) is 0 Å². The van der Waals surface area contributed by atoms with E-state index in [0.717, 1.165) is 0 Å². The Morgan fingerprint density at radius 3 is 2.39 bits per heavy atom. The van der Waals surface area contributed by atoms with Gasteiger partial charge in [-0.05, 0) is 30.3 Å². The third-order valence-electron chi connectivity index (χ3n) is 5.52. The highest BCUT2D eigenvalue weighted by molar-refractivity contribution is 6.51. The Morgan fingerprint density at radius 1 is 1.00 bits per heavy atom. The summed E-state index contributed by atoms with van der Waals surface area (Å²) in [4.78, 5) is 27.6. The van der Waals surface area contributed by atoms with Crippen LogP contribution in [0.1, 0.15) is 17.4 Å². The highest BCUT2D eigenvalue weighted by Gasteiger charge is 2.48. The number of benzene rings is 2. The first-order valence-corrected chi connectivity index (χ1v) is 9.99. The smallest absolute Gasteiger partial charge is 0.300 e. The molecule has 0 radical (unpaired) electrons. The zero-order chi connectivity index (χ0) is 23.1. The molecule has 1 fully saturated rings. The van der Waals surface area contributed by atoms with E-state index in [1.807, 2.05) is 0 Å². The summed E-state index contributed by atoms with van der Waals surface area (Å²) in [6.07, 6.45) is 1.43. The highest BCUT2D eigenvalue weighted by atomic mass is 16.7. The number of methoxy groups -OCH3 is 2. The van der Waals surface area contributed by atoms with Gasteiger partial charge in [0.15, 0.2) is 11.5 Å². The number of anilines is 1. The van der Waals surface area contributed by atoms with Gasteiger partial charge in [-0.25, -0.2) is 0 Å². The lowest BCUT2D eigenvalue weighted by Gasteiger charge is -2.24. The Hall–Kier alpha value is -4.40. The first-order chi connectivity index (χ1) is 16.0. The molecule has 2 aliphatic heterocycles. The van der Waals surface area contributed by atoms with Crippen LogP contribution < -0.4 is 23.8 Å². The van der Waals surface area contributed by atoms with Crippen LogP contribution in [0, 0.1) is 0 Å². The van der Waals surface area contributed by atoms with Gasteiger partial charge in [0.2, 0.25) is 6.79 Å². The van der Waals surface area contributed by atoms with Crippen molar-refractivity contribution >= 4 is 23.1 Å². The van der Waals surface area contributed by atoms with Gasteiger partial charge in [-0.2, -0.15) is 0 Å². The topological polar surface area (TPSA) is 108 Å². The Kier molecular flexibility index (Phi) is 4.93. The first-order valence-electron chi connectivity index (χ1n) is 9.99. The molecule has 0 spiro atoms. The number of fused-ring (bicyclic) bond motifs is 1. The maximum atomic E-state index is 13.2. The van der Waals surface area contributed by atoms with Gasteiger partial charge in [0, 0.05) is 23.8 Å². The average molecular weight is 449 g/mol. The van der Waals surface area contributed by atoms with Crippen molar-refractivity contribution in [1.29, 1.82) is 0 Å². The number of aliphatic hydroxyl groups excluding tert-OH is 1. The molecule has 1 atom stereocenters. The number of hydrogen-bond acceptors (Lipinski definition) is 8. The van der Waals surface area contributed by atoms with Gasteiger partial charge in [-0.3, -0.25) is 14.5 Å². The van der Waals surface area contributed by atoms with Gasteiger partial charge >= 0.3 is 0 Å². The number of furan rings is 1. The van der Waals surface area contributed by atoms with E-state index in [0.29, 0.717) is 40.0 Å². The second-order valence-corrected chi connectivity index (χ2v) is 7.32. The molecule has 2 aromatic carbocycles. The fourth-order valence-corrected chi connectivity index (χ4v) is 3.95. The van der Waals surface area contributed by atoms with Crippen molar-refractivity contribution in [3.05, 3.63) is 71.7 Å². The molecule has 1 N–H and O–H groups in total. The quantitative estimate of drug-likeness (QED) is 0.357. The summed E-state index contributed by atoms with van der Waals surface area (Å²) in [5, 5.41) is 11.2. The SMILES string of the molecule is COc1cc(OC)cc(N2C(=O)C(=O)/C(=C(\O)c3ccc4c(c3)OCO4)C2c2ccco2)c1. The molecule has 1 unspecified atom stereocenters. The molecule has 3 aromatic rings. The molecule has 2 aliphatic rings. The van der Waals surface area contributed by atoms with Gasteiger partial charge in [0.25, 0.3) is 11.7 Å². The molecule has 3 heterocycles. The predicted molar refractivity (Wildman–Crippen MR) is 116 cm³/mol. The van der Waals surface area contributed by atoms with E-state index in [2.05, 4.69) is 0 Å². The van der Waals surface area contributed by atoms with E-state index < -0.39 is 17.7 Å². The molecule has 5 rings (SSSR count). The van der Waals surface area contributed by atoms with Crippen molar-refractivity contribution in [2.24, 2.45) is 0 Å². The van der Waals surface area contributed by atoms with Gasteiger partial charge < -0.3 is 28.5 Å². The van der Waals surface area contributed by atoms with Crippen molar-refractivity contribution in [3.8, 4) is 23.0 Å². The Balaban J connectivity index is 1.69. The van der Waals surface area contributed by atoms with Crippen LogP contribution in [0.5, 0.6) is 23.0 Å². The van der Waals surface area contributed by atoms with Crippen LogP contribution in [0.4, 0.5) is 5.69 Å². The number of carbonyl (C=O) groups is 2. The van der Waals surface area contributed by atoms with E-state index >= 15 is 0 Å². The second kappa shape index (κ2) is 7.94. The molecular formula is C24H19NO8. The zero-order valence-electron chi connectivity index (χ0n) is 17.7. The molecule has 0 aliphatic carbocycles. The number of hydrogen-bond donors (Lipinski definition) is 1. The minimum atomic E-state index is -1.01. The summed E-state index contributed by atoms with van der Waals surface area (Å²) in [7, 11) is 2.96.